The van der Waals surface area contributed by atoms with Gasteiger partial charge in [0, 0.05) is 12.2 Å². The molecule has 0 aliphatic rings. The highest BCUT2D eigenvalue weighted by Crippen LogP contribution is 2.48. The average molecular weight is 420 g/mol. The number of rotatable bonds is 9. The number of carbonyl (C=O) groups excluding carboxylic acids is 1. The monoisotopic (exact) mass is 419 g/mol. The molecule has 0 bridgehead atoms. The van der Waals surface area contributed by atoms with Gasteiger partial charge in [-0.25, -0.2) is 0 Å². The maximum Gasteiger partial charge on any atom is 0.325 e. The minimum absolute atomic E-state index is 0.233. The normalized spacial score (nSPS) is 12.2. The number of carbonyl (C=O) groups is 2. The number of hydrogen-bond acceptors (Lipinski definition) is 3. The molecule has 5 heteroatoms. The van der Waals surface area contributed by atoms with Crippen molar-refractivity contribution in [2.45, 2.75) is 24.1 Å². The van der Waals surface area contributed by atoms with Crippen molar-refractivity contribution in [2.75, 3.05) is 5.75 Å². The van der Waals surface area contributed by atoms with E-state index in [0.717, 1.165) is 16.7 Å². The van der Waals surface area contributed by atoms with Crippen LogP contribution in [-0.4, -0.2) is 28.8 Å². The summed E-state index contributed by atoms with van der Waals surface area (Å²) in [5.74, 6) is -0.764. The molecule has 0 radical (unpaired) electrons. The summed E-state index contributed by atoms with van der Waals surface area (Å²) >= 11 is 1.68. The first-order chi connectivity index (χ1) is 14.5. The standard InChI is InChI=1S/C25H25NO3S/c1-19(24(28)29)26-23(27)17-18-30-25(20-11-5-2-6-12-20,21-13-7-3-8-14-21)22-15-9-4-10-16-22/h2-16,19H,17-18H2,1H3,(H,26,27)(H,28,29)/t19-/m0/s1. The van der Waals surface area contributed by atoms with Crippen LogP contribution in [0, 0.1) is 0 Å². The molecule has 0 spiro atoms. The number of aliphatic carboxylic acids is 1. The molecule has 3 aromatic carbocycles. The molecule has 3 rings (SSSR count). The highest BCUT2D eigenvalue weighted by Gasteiger charge is 2.36. The lowest BCUT2D eigenvalue weighted by Gasteiger charge is -2.35. The van der Waals surface area contributed by atoms with Gasteiger partial charge in [-0.15, -0.1) is 11.8 Å². The van der Waals surface area contributed by atoms with E-state index >= 15 is 0 Å². The molecule has 0 aliphatic carbocycles. The second-order valence-electron chi connectivity index (χ2n) is 7.01. The number of carboxylic acids is 1. The first kappa shape index (κ1) is 21.7. The number of nitrogens with one attached hydrogen (secondary N) is 1. The van der Waals surface area contributed by atoms with Crippen LogP contribution in [0.25, 0.3) is 0 Å². The van der Waals surface area contributed by atoms with Crippen LogP contribution >= 0.6 is 11.8 Å². The lowest BCUT2D eigenvalue weighted by atomic mass is 9.84. The summed E-state index contributed by atoms with van der Waals surface area (Å²) in [6.45, 7) is 1.47. The molecule has 0 fully saturated rings. The number of carboxylic acid groups (broad SMARTS) is 1. The zero-order valence-electron chi connectivity index (χ0n) is 16.8. The topological polar surface area (TPSA) is 66.4 Å². The van der Waals surface area contributed by atoms with Crippen LogP contribution in [0.4, 0.5) is 0 Å². The van der Waals surface area contributed by atoms with Crippen LogP contribution in [0.5, 0.6) is 0 Å². The van der Waals surface area contributed by atoms with Crippen molar-refractivity contribution in [1.29, 1.82) is 0 Å². The van der Waals surface area contributed by atoms with E-state index < -0.39 is 16.8 Å². The van der Waals surface area contributed by atoms with Crippen molar-refractivity contribution in [2.24, 2.45) is 0 Å². The van der Waals surface area contributed by atoms with E-state index in [4.69, 9.17) is 5.11 Å². The lowest BCUT2D eigenvalue weighted by molar-refractivity contribution is -0.141. The quantitative estimate of drug-likeness (QED) is 0.494. The van der Waals surface area contributed by atoms with Gasteiger partial charge >= 0.3 is 5.97 Å². The molecule has 30 heavy (non-hydrogen) atoms. The molecular formula is C25H25NO3S. The fraction of sp³-hybridized carbons (Fsp3) is 0.200. The molecule has 0 unspecified atom stereocenters. The van der Waals surface area contributed by atoms with Crippen molar-refractivity contribution < 1.29 is 14.7 Å². The Balaban J connectivity index is 1.95. The number of amides is 1. The summed E-state index contributed by atoms with van der Waals surface area (Å²) in [6.07, 6.45) is 0.233. The summed E-state index contributed by atoms with van der Waals surface area (Å²) in [5.41, 5.74) is 3.39. The van der Waals surface area contributed by atoms with Crippen molar-refractivity contribution in [1.82, 2.24) is 5.32 Å². The fourth-order valence-corrected chi connectivity index (χ4v) is 4.94. The highest BCUT2D eigenvalue weighted by molar-refractivity contribution is 8.00. The van der Waals surface area contributed by atoms with E-state index in [0.29, 0.717) is 5.75 Å². The second kappa shape index (κ2) is 10.1. The Morgan fingerprint density at radius 2 is 1.23 bits per heavy atom. The predicted octanol–water partition coefficient (Wildman–Crippen LogP) is 4.69. The Morgan fingerprint density at radius 3 is 1.60 bits per heavy atom. The van der Waals surface area contributed by atoms with E-state index in [1.165, 1.54) is 6.92 Å². The Bertz CT molecular complexity index is 865. The summed E-state index contributed by atoms with van der Waals surface area (Å²) in [5, 5.41) is 11.5. The van der Waals surface area contributed by atoms with Gasteiger partial charge in [-0.3, -0.25) is 9.59 Å². The molecule has 0 heterocycles. The van der Waals surface area contributed by atoms with Gasteiger partial charge in [0.2, 0.25) is 5.91 Å². The second-order valence-corrected chi connectivity index (χ2v) is 8.31. The first-order valence-electron chi connectivity index (χ1n) is 9.86. The minimum Gasteiger partial charge on any atom is -0.480 e. The van der Waals surface area contributed by atoms with Crippen LogP contribution in [0.2, 0.25) is 0 Å². The third kappa shape index (κ3) is 4.92. The molecule has 1 atom stereocenters. The molecule has 4 nitrogen and oxygen atoms in total. The zero-order valence-corrected chi connectivity index (χ0v) is 17.6. The maximum absolute atomic E-state index is 12.3. The van der Waals surface area contributed by atoms with E-state index in [2.05, 4.69) is 41.7 Å². The Morgan fingerprint density at radius 1 is 0.833 bits per heavy atom. The molecular weight excluding hydrogens is 394 g/mol. The summed E-state index contributed by atoms with van der Waals surface area (Å²) in [7, 11) is 0. The average Bonchev–Trinajstić information content (AvgIpc) is 2.78. The molecule has 154 valence electrons. The molecule has 0 aliphatic heterocycles. The first-order valence-corrected chi connectivity index (χ1v) is 10.9. The van der Waals surface area contributed by atoms with Crippen LogP contribution < -0.4 is 5.32 Å². The van der Waals surface area contributed by atoms with E-state index in [1.807, 2.05) is 54.6 Å². The van der Waals surface area contributed by atoms with Gasteiger partial charge in [0.25, 0.3) is 0 Å². The van der Waals surface area contributed by atoms with E-state index in [9.17, 15) is 9.59 Å². The van der Waals surface area contributed by atoms with Gasteiger partial charge in [0.15, 0.2) is 0 Å². The lowest BCUT2D eigenvalue weighted by Crippen LogP contribution is -2.38. The van der Waals surface area contributed by atoms with Gasteiger partial charge in [0.05, 0.1) is 4.75 Å². The SMILES string of the molecule is C[C@H](NC(=O)CCSC(c1ccccc1)(c1ccccc1)c1ccccc1)C(=O)O. The van der Waals surface area contributed by atoms with Crippen molar-refractivity contribution >= 4 is 23.6 Å². The van der Waals surface area contributed by atoms with Gasteiger partial charge in [-0.05, 0) is 23.6 Å². The number of hydrogen-bond donors (Lipinski definition) is 2. The Kier molecular flexibility index (Phi) is 7.31. The molecule has 3 aromatic rings. The minimum atomic E-state index is -1.04. The highest BCUT2D eigenvalue weighted by atomic mass is 32.2. The molecule has 0 aromatic heterocycles. The van der Waals surface area contributed by atoms with Crippen LogP contribution in [-0.2, 0) is 14.3 Å². The molecule has 1 amide bonds. The molecule has 2 N–H and O–H groups in total. The largest absolute Gasteiger partial charge is 0.480 e. The maximum atomic E-state index is 12.3. The van der Waals surface area contributed by atoms with Gasteiger partial charge in [0.1, 0.15) is 6.04 Å². The van der Waals surface area contributed by atoms with Crippen molar-refractivity contribution in [3.8, 4) is 0 Å². The van der Waals surface area contributed by atoms with Crippen molar-refractivity contribution in [3.05, 3.63) is 108 Å². The Hall–Kier alpha value is -3.05. The fourth-order valence-electron chi connectivity index (χ4n) is 3.44. The van der Waals surface area contributed by atoms with E-state index in [-0.39, 0.29) is 12.3 Å². The van der Waals surface area contributed by atoms with Crippen LogP contribution in [0.1, 0.15) is 30.0 Å². The molecule has 0 saturated heterocycles. The Labute approximate surface area is 181 Å². The van der Waals surface area contributed by atoms with Crippen molar-refractivity contribution in [3.63, 3.8) is 0 Å². The summed E-state index contributed by atoms with van der Waals surface area (Å²) < 4.78 is -0.484. The molecule has 0 saturated carbocycles. The third-order valence-corrected chi connectivity index (χ3v) is 6.48. The van der Waals surface area contributed by atoms with Crippen LogP contribution in [0.3, 0.4) is 0 Å². The predicted molar refractivity (Wildman–Crippen MR) is 122 cm³/mol. The van der Waals surface area contributed by atoms with Gasteiger partial charge in [-0.1, -0.05) is 91.0 Å². The summed E-state index contributed by atoms with van der Waals surface area (Å²) in [4.78, 5) is 23.3. The van der Waals surface area contributed by atoms with E-state index in [1.54, 1.807) is 11.8 Å². The van der Waals surface area contributed by atoms with Crippen LogP contribution in [0.15, 0.2) is 91.0 Å². The third-order valence-electron chi connectivity index (χ3n) is 4.94. The van der Waals surface area contributed by atoms with Gasteiger partial charge < -0.3 is 10.4 Å². The smallest absolute Gasteiger partial charge is 0.325 e. The summed E-state index contributed by atoms with van der Waals surface area (Å²) in [6, 6.07) is 29.9. The number of benzene rings is 3. The number of thioether (sulfide) groups is 1. The zero-order chi connectivity index (χ0) is 21.4. The van der Waals surface area contributed by atoms with Gasteiger partial charge in [-0.2, -0.15) is 0 Å².